The fourth-order valence-electron chi connectivity index (χ4n) is 6.36. The van der Waals surface area contributed by atoms with Crippen LogP contribution in [0.5, 0.6) is 0 Å². The Morgan fingerprint density at radius 1 is 0.553 bits per heavy atom. The second-order valence-electron chi connectivity index (χ2n) is 10.8. The van der Waals surface area contributed by atoms with Crippen molar-refractivity contribution in [2.75, 3.05) is 0 Å². The lowest BCUT2D eigenvalue weighted by Gasteiger charge is -2.28. The van der Waals surface area contributed by atoms with Gasteiger partial charge >= 0.3 is 0 Å². The van der Waals surface area contributed by atoms with Gasteiger partial charge in [0.2, 0.25) is 0 Å². The molecule has 2 aromatic heterocycles. The Labute approximate surface area is 221 Å². The monoisotopic (exact) mass is 487 g/mol. The van der Waals surface area contributed by atoms with Crippen LogP contribution >= 0.6 is 0 Å². The number of furan rings is 1. The molecule has 180 valence electrons. The Morgan fingerprint density at radius 2 is 1.16 bits per heavy atom. The van der Waals surface area contributed by atoms with E-state index in [1.807, 2.05) is 12.3 Å². The van der Waals surface area contributed by atoms with E-state index in [0.717, 1.165) is 44.5 Å². The highest BCUT2D eigenvalue weighted by molar-refractivity contribution is 6.20. The Morgan fingerprint density at radius 3 is 1.87 bits per heavy atom. The van der Waals surface area contributed by atoms with Crippen molar-refractivity contribution in [3.05, 3.63) is 127 Å². The molecule has 1 aliphatic carbocycles. The van der Waals surface area contributed by atoms with Gasteiger partial charge in [0.05, 0.1) is 11.1 Å². The second-order valence-corrected chi connectivity index (χ2v) is 10.8. The van der Waals surface area contributed by atoms with E-state index in [-0.39, 0.29) is 5.41 Å². The third kappa shape index (κ3) is 2.86. The largest absolute Gasteiger partial charge is 0.455 e. The van der Waals surface area contributed by atoms with Crippen LogP contribution in [-0.4, -0.2) is 4.98 Å². The molecule has 0 radical (unpaired) electrons. The van der Waals surface area contributed by atoms with Gasteiger partial charge in [0, 0.05) is 33.7 Å². The van der Waals surface area contributed by atoms with Gasteiger partial charge in [-0.2, -0.15) is 0 Å². The lowest BCUT2D eigenvalue weighted by Crippen LogP contribution is -2.19. The summed E-state index contributed by atoms with van der Waals surface area (Å²) < 4.78 is 6.94. The summed E-state index contributed by atoms with van der Waals surface area (Å²) in [5.74, 6) is 0. The zero-order valence-corrected chi connectivity index (χ0v) is 21.3. The van der Waals surface area contributed by atoms with Crippen LogP contribution in [0, 0.1) is 0 Å². The van der Waals surface area contributed by atoms with Crippen LogP contribution in [0.25, 0.3) is 66.2 Å². The van der Waals surface area contributed by atoms with Crippen LogP contribution in [0.1, 0.15) is 25.0 Å². The van der Waals surface area contributed by atoms with Crippen molar-refractivity contribution in [1.82, 2.24) is 4.98 Å². The Bertz CT molecular complexity index is 2030. The molecule has 2 heteroatoms. The Balaban J connectivity index is 1.59. The van der Waals surface area contributed by atoms with E-state index in [9.17, 15) is 0 Å². The first kappa shape index (κ1) is 21.4. The van der Waals surface area contributed by atoms with Crippen molar-refractivity contribution in [3.63, 3.8) is 0 Å². The number of nitrogens with zero attached hydrogens (tertiary/aromatic N) is 1. The number of fused-ring (bicyclic) bond motifs is 3. The second kappa shape index (κ2) is 7.66. The summed E-state index contributed by atoms with van der Waals surface area (Å²) in [5.41, 5.74) is 10.7. The van der Waals surface area contributed by atoms with Gasteiger partial charge in [-0.25, -0.2) is 0 Å². The minimum absolute atomic E-state index is 0.253. The molecule has 7 aromatic rings. The van der Waals surface area contributed by atoms with Gasteiger partial charge in [0.15, 0.2) is 0 Å². The van der Waals surface area contributed by atoms with Crippen LogP contribution < -0.4 is 0 Å². The van der Waals surface area contributed by atoms with Crippen LogP contribution in [0.2, 0.25) is 0 Å². The van der Waals surface area contributed by atoms with E-state index in [1.165, 1.54) is 32.8 Å². The highest BCUT2D eigenvalue weighted by Crippen LogP contribution is 2.52. The molecule has 0 unspecified atom stereocenters. The van der Waals surface area contributed by atoms with Crippen molar-refractivity contribution in [2.45, 2.75) is 19.3 Å². The molecular formula is C36H25NO. The van der Waals surface area contributed by atoms with Crippen LogP contribution in [0.15, 0.2) is 120 Å². The van der Waals surface area contributed by atoms with Crippen LogP contribution in [0.3, 0.4) is 0 Å². The molecule has 0 atom stereocenters. The van der Waals surface area contributed by atoms with Crippen molar-refractivity contribution in [1.29, 1.82) is 0 Å². The van der Waals surface area contributed by atoms with Gasteiger partial charge in [0.1, 0.15) is 11.2 Å². The summed E-state index contributed by atoms with van der Waals surface area (Å²) in [6.07, 6.45) is 1.99. The summed E-state index contributed by atoms with van der Waals surface area (Å²) in [6, 6.07) is 38.8. The molecule has 0 spiro atoms. The smallest absolute Gasteiger partial charge is 0.147 e. The normalized spacial score (nSPS) is 13.7. The van der Waals surface area contributed by atoms with Gasteiger partial charge in [0.25, 0.3) is 0 Å². The standard InChI is InChI=1S/C36H25NO/c1-36(2)29-18-17-26(22-11-5-3-6-12-22)34-31(29)32-33(27-19-24-15-9-10-16-25(24)20-30(27)36)37-21-28(35(32)38-34)23-13-7-4-8-14-23/h3-21H,1-2H3. The summed E-state index contributed by atoms with van der Waals surface area (Å²) in [6.45, 7) is 4.67. The van der Waals surface area contributed by atoms with Gasteiger partial charge in [-0.3, -0.25) is 4.98 Å². The van der Waals surface area contributed by atoms with Crippen LogP contribution in [-0.2, 0) is 5.41 Å². The molecule has 0 fully saturated rings. The first-order valence-corrected chi connectivity index (χ1v) is 13.1. The first-order valence-electron chi connectivity index (χ1n) is 13.1. The number of aromatic nitrogens is 1. The van der Waals surface area contributed by atoms with E-state index >= 15 is 0 Å². The minimum atomic E-state index is -0.253. The van der Waals surface area contributed by atoms with Crippen LogP contribution in [0.4, 0.5) is 0 Å². The van der Waals surface area contributed by atoms with E-state index < -0.39 is 0 Å². The quantitative estimate of drug-likeness (QED) is 0.242. The molecule has 0 amide bonds. The molecule has 0 bridgehead atoms. The van der Waals surface area contributed by atoms with Crippen molar-refractivity contribution < 1.29 is 4.42 Å². The van der Waals surface area contributed by atoms with E-state index in [0.29, 0.717) is 0 Å². The van der Waals surface area contributed by atoms with Gasteiger partial charge < -0.3 is 4.42 Å². The van der Waals surface area contributed by atoms with Gasteiger partial charge in [-0.15, -0.1) is 0 Å². The lowest BCUT2D eigenvalue weighted by atomic mass is 9.75. The van der Waals surface area contributed by atoms with Crippen molar-refractivity contribution >= 4 is 32.7 Å². The average molecular weight is 488 g/mol. The van der Waals surface area contributed by atoms with Gasteiger partial charge in [-0.1, -0.05) is 111 Å². The molecule has 8 rings (SSSR count). The maximum Gasteiger partial charge on any atom is 0.147 e. The molecule has 0 saturated carbocycles. The fourth-order valence-corrected chi connectivity index (χ4v) is 6.36. The predicted molar refractivity (Wildman–Crippen MR) is 157 cm³/mol. The maximum atomic E-state index is 6.94. The van der Waals surface area contributed by atoms with E-state index in [4.69, 9.17) is 9.40 Å². The minimum Gasteiger partial charge on any atom is -0.455 e. The van der Waals surface area contributed by atoms with E-state index in [1.54, 1.807) is 0 Å². The summed E-state index contributed by atoms with van der Waals surface area (Å²) in [5, 5.41) is 4.75. The zero-order valence-electron chi connectivity index (χ0n) is 21.3. The maximum absolute atomic E-state index is 6.94. The predicted octanol–water partition coefficient (Wildman–Crippen LogP) is 9.77. The van der Waals surface area contributed by atoms with Crippen molar-refractivity contribution in [2.24, 2.45) is 0 Å². The summed E-state index contributed by atoms with van der Waals surface area (Å²) in [7, 11) is 0. The molecule has 0 N–H and O–H groups in total. The van der Waals surface area contributed by atoms with E-state index in [2.05, 4.69) is 117 Å². The third-order valence-corrected chi connectivity index (χ3v) is 8.30. The SMILES string of the molecule is CC1(C)c2cc3ccccc3cc2-c2ncc(-c3ccccc3)c3oc4c(-c5ccccc5)ccc1c4c23. The number of rotatable bonds is 2. The molecule has 1 aliphatic rings. The summed E-state index contributed by atoms with van der Waals surface area (Å²) in [4.78, 5) is 5.18. The number of pyridine rings is 1. The number of hydrogen-bond acceptors (Lipinski definition) is 2. The zero-order chi connectivity index (χ0) is 25.4. The van der Waals surface area contributed by atoms with Gasteiger partial charge in [-0.05, 0) is 45.2 Å². The molecular weight excluding hydrogens is 462 g/mol. The molecule has 2 nitrogen and oxygen atoms in total. The number of hydrogen-bond donors (Lipinski definition) is 0. The molecule has 2 heterocycles. The average Bonchev–Trinajstić information content (AvgIpc) is 3.34. The molecule has 0 saturated heterocycles. The third-order valence-electron chi connectivity index (χ3n) is 8.30. The molecule has 38 heavy (non-hydrogen) atoms. The first-order chi connectivity index (χ1) is 18.6. The Kier molecular flexibility index (Phi) is 4.31. The Hall–Kier alpha value is -4.69. The van der Waals surface area contributed by atoms with Crippen molar-refractivity contribution in [3.8, 4) is 33.5 Å². The topological polar surface area (TPSA) is 26.0 Å². The highest BCUT2D eigenvalue weighted by atomic mass is 16.3. The highest BCUT2D eigenvalue weighted by Gasteiger charge is 2.36. The number of benzene rings is 5. The summed E-state index contributed by atoms with van der Waals surface area (Å²) >= 11 is 0. The molecule has 5 aromatic carbocycles. The molecule has 0 aliphatic heterocycles. The lowest BCUT2D eigenvalue weighted by molar-refractivity contribution is 0.644. The fraction of sp³-hybridized carbons (Fsp3) is 0.0833.